The lowest BCUT2D eigenvalue weighted by molar-refractivity contribution is 0.0691. The van der Waals surface area contributed by atoms with Gasteiger partial charge < -0.3 is 14.4 Å². The molecule has 0 spiro atoms. The number of hydrogen-bond acceptors (Lipinski definition) is 6. The maximum absolute atomic E-state index is 13.6. The number of thiophene rings is 1. The fourth-order valence-corrected chi connectivity index (χ4v) is 4.98. The van der Waals surface area contributed by atoms with Crippen LogP contribution in [0.3, 0.4) is 0 Å². The first kappa shape index (κ1) is 19.5. The van der Waals surface area contributed by atoms with Gasteiger partial charge in [-0.25, -0.2) is 4.98 Å². The van der Waals surface area contributed by atoms with Gasteiger partial charge >= 0.3 is 0 Å². The van der Waals surface area contributed by atoms with Crippen molar-refractivity contribution in [1.82, 2.24) is 14.9 Å². The van der Waals surface area contributed by atoms with Crippen LogP contribution in [0.2, 0.25) is 0 Å². The van der Waals surface area contributed by atoms with Crippen molar-refractivity contribution in [2.24, 2.45) is 0 Å². The van der Waals surface area contributed by atoms with Crippen molar-refractivity contribution < 1.29 is 14.3 Å². The summed E-state index contributed by atoms with van der Waals surface area (Å²) in [5.41, 5.74) is 4.04. The Morgan fingerprint density at radius 2 is 1.84 bits per heavy atom. The number of aromatic nitrogens is 2. The van der Waals surface area contributed by atoms with Crippen molar-refractivity contribution in [2.45, 2.75) is 12.5 Å². The number of carbonyl (C=O) groups is 1. The lowest BCUT2D eigenvalue weighted by atomic mass is 9.90. The van der Waals surface area contributed by atoms with E-state index in [-0.39, 0.29) is 11.9 Å². The highest BCUT2D eigenvalue weighted by Gasteiger charge is 2.35. The predicted octanol–water partition coefficient (Wildman–Crippen LogP) is 4.50. The Hall–Kier alpha value is -3.45. The van der Waals surface area contributed by atoms with E-state index in [0.717, 1.165) is 27.9 Å². The molecule has 0 N–H and O–H groups in total. The highest BCUT2D eigenvalue weighted by atomic mass is 32.1. The second kappa shape index (κ2) is 8.00. The summed E-state index contributed by atoms with van der Waals surface area (Å²) >= 11 is 1.63. The molecule has 1 atom stereocenters. The minimum absolute atomic E-state index is 0.128. The number of para-hydroxylation sites is 2. The summed E-state index contributed by atoms with van der Waals surface area (Å²) in [4.78, 5) is 25.6. The summed E-state index contributed by atoms with van der Waals surface area (Å²) in [5, 5.41) is 2.03. The molecule has 0 bridgehead atoms. The SMILES string of the molecule is COc1cc2c(cc1OC)C(c1cccs1)N(C(=O)c1cnc3ccccc3n1)CC2. The lowest BCUT2D eigenvalue weighted by Crippen LogP contribution is -2.40. The summed E-state index contributed by atoms with van der Waals surface area (Å²) in [6, 6.07) is 15.4. The maximum atomic E-state index is 13.6. The van der Waals surface area contributed by atoms with Crippen molar-refractivity contribution in [3.8, 4) is 11.5 Å². The Morgan fingerprint density at radius 3 is 2.58 bits per heavy atom. The fraction of sp³-hybridized carbons (Fsp3) is 0.208. The molecule has 2 aromatic heterocycles. The molecule has 5 rings (SSSR count). The van der Waals surface area contributed by atoms with Crippen LogP contribution in [0, 0.1) is 0 Å². The standard InChI is InChI=1S/C24H21N3O3S/c1-29-20-12-15-9-10-27(23(22-8-5-11-31-22)16(15)13-21(20)30-2)24(28)19-14-25-17-6-3-4-7-18(17)26-19/h3-8,11-14,23H,9-10H2,1-2H3. The Balaban J connectivity index is 1.60. The minimum Gasteiger partial charge on any atom is -0.493 e. The van der Waals surface area contributed by atoms with Crippen LogP contribution in [-0.2, 0) is 6.42 Å². The van der Waals surface area contributed by atoms with Crippen LogP contribution in [0.5, 0.6) is 11.5 Å². The maximum Gasteiger partial charge on any atom is 0.274 e. The molecule has 0 fully saturated rings. The topological polar surface area (TPSA) is 64.6 Å². The molecule has 1 unspecified atom stereocenters. The number of nitrogens with zero attached hydrogens (tertiary/aromatic N) is 3. The second-order valence-electron chi connectivity index (χ2n) is 7.32. The molecule has 6 nitrogen and oxygen atoms in total. The van der Waals surface area contributed by atoms with Gasteiger partial charge in [0.2, 0.25) is 0 Å². The third kappa shape index (κ3) is 3.41. The van der Waals surface area contributed by atoms with Gasteiger partial charge in [-0.15, -0.1) is 11.3 Å². The number of fused-ring (bicyclic) bond motifs is 2. The normalized spacial score (nSPS) is 15.5. The molecule has 0 saturated carbocycles. The molecule has 31 heavy (non-hydrogen) atoms. The molecule has 7 heteroatoms. The quantitative estimate of drug-likeness (QED) is 0.476. The molecule has 1 amide bonds. The molecular weight excluding hydrogens is 410 g/mol. The van der Waals surface area contributed by atoms with Gasteiger partial charge in [-0.1, -0.05) is 18.2 Å². The number of ether oxygens (including phenoxy) is 2. The number of carbonyl (C=O) groups excluding carboxylic acids is 1. The van der Waals surface area contributed by atoms with E-state index in [1.54, 1.807) is 31.8 Å². The molecule has 1 aliphatic heterocycles. The molecular formula is C24H21N3O3S. The predicted molar refractivity (Wildman–Crippen MR) is 120 cm³/mol. The largest absolute Gasteiger partial charge is 0.493 e. The van der Waals surface area contributed by atoms with Gasteiger partial charge in [0.1, 0.15) is 5.69 Å². The summed E-state index contributed by atoms with van der Waals surface area (Å²) in [5.74, 6) is 1.23. The van der Waals surface area contributed by atoms with Crippen LogP contribution in [0.15, 0.2) is 60.1 Å². The zero-order valence-electron chi connectivity index (χ0n) is 17.2. The summed E-state index contributed by atoms with van der Waals surface area (Å²) in [6.07, 6.45) is 2.30. The average Bonchev–Trinajstić information content (AvgIpc) is 3.36. The molecule has 156 valence electrons. The molecule has 1 aliphatic rings. The van der Waals surface area contributed by atoms with Gasteiger partial charge in [-0.05, 0) is 53.3 Å². The van der Waals surface area contributed by atoms with Crippen LogP contribution < -0.4 is 9.47 Å². The van der Waals surface area contributed by atoms with E-state index in [1.165, 1.54) is 0 Å². The summed E-state index contributed by atoms with van der Waals surface area (Å²) in [7, 11) is 3.26. The fourth-order valence-electron chi connectivity index (χ4n) is 4.13. The number of methoxy groups -OCH3 is 2. The van der Waals surface area contributed by atoms with Gasteiger partial charge in [0, 0.05) is 11.4 Å². The first-order valence-corrected chi connectivity index (χ1v) is 10.9. The smallest absolute Gasteiger partial charge is 0.274 e. The zero-order chi connectivity index (χ0) is 21.4. The van der Waals surface area contributed by atoms with Crippen molar-refractivity contribution >= 4 is 28.3 Å². The van der Waals surface area contributed by atoms with E-state index in [9.17, 15) is 4.79 Å². The Bertz CT molecular complexity index is 1260. The minimum atomic E-state index is -0.218. The number of hydrogen-bond donors (Lipinski definition) is 0. The number of rotatable bonds is 4. The van der Waals surface area contributed by atoms with Crippen molar-refractivity contribution in [2.75, 3.05) is 20.8 Å². The highest BCUT2D eigenvalue weighted by Crippen LogP contribution is 2.42. The molecule has 0 radical (unpaired) electrons. The number of amides is 1. The van der Waals surface area contributed by atoms with Crippen LogP contribution in [-0.4, -0.2) is 41.5 Å². The van der Waals surface area contributed by atoms with Gasteiger partial charge in [-0.3, -0.25) is 9.78 Å². The monoisotopic (exact) mass is 431 g/mol. The molecule has 3 heterocycles. The van der Waals surface area contributed by atoms with Crippen molar-refractivity contribution in [1.29, 1.82) is 0 Å². The van der Waals surface area contributed by atoms with Gasteiger partial charge in [0.15, 0.2) is 11.5 Å². The molecule has 0 saturated heterocycles. The van der Waals surface area contributed by atoms with Gasteiger partial charge in [0.05, 0.1) is 37.5 Å². The van der Waals surface area contributed by atoms with Gasteiger partial charge in [0.25, 0.3) is 5.91 Å². The van der Waals surface area contributed by atoms with E-state index in [2.05, 4.69) is 16.0 Å². The third-order valence-corrected chi connectivity index (χ3v) is 6.54. The number of benzene rings is 2. The van der Waals surface area contributed by atoms with Crippen LogP contribution >= 0.6 is 11.3 Å². The zero-order valence-corrected chi connectivity index (χ0v) is 18.1. The van der Waals surface area contributed by atoms with E-state index < -0.39 is 0 Å². The Labute approximate surface area is 184 Å². The third-order valence-electron chi connectivity index (χ3n) is 5.61. The van der Waals surface area contributed by atoms with Crippen LogP contribution in [0.4, 0.5) is 0 Å². The van der Waals surface area contributed by atoms with Crippen LogP contribution in [0.25, 0.3) is 11.0 Å². The highest BCUT2D eigenvalue weighted by molar-refractivity contribution is 7.10. The van der Waals surface area contributed by atoms with Crippen LogP contribution in [0.1, 0.15) is 32.5 Å². The van der Waals surface area contributed by atoms with Gasteiger partial charge in [-0.2, -0.15) is 0 Å². The molecule has 2 aromatic carbocycles. The summed E-state index contributed by atoms with van der Waals surface area (Å²) in [6.45, 7) is 0.582. The second-order valence-corrected chi connectivity index (χ2v) is 8.30. The van der Waals surface area contributed by atoms with E-state index in [0.29, 0.717) is 29.3 Å². The molecule has 0 aliphatic carbocycles. The first-order chi connectivity index (χ1) is 15.2. The van der Waals surface area contributed by atoms with Crippen molar-refractivity contribution in [3.05, 3.63) is 81.8 Å². The van der Waals surface area contributed by atoms with E-state index in [4.69, 9.17) is 9.47 Å². The average molecular weight is 432 g/mol. The van der Waals surface area contributed by atoms with Crippen molar-refractivity contribution in [3.63, 3.8) is 0 Å². The van der Waals surface area contributed by atoms with E-state index in [1.807, 2.05) is 52.7 Å². The Kier molecular flexibility index (Phi) is 5.03. The lowest BCUT2D eigenvalue weighted by Gasteiger charge is -2.37. The Morgan fingerprint density at radius 1 is 1.06 bits per heavy atom. The summed E-state index contributed by atoms with van der Waals surface area (Å²) < 4.78 is 11.0. The molecule has 4 aromatic rings. The first-order valence-electron chi connectivity index (χ1n) is 10.0. The van der Waals surface area contributed by atoms with E-state index >= 15 is 0 Å².